The van der Waals surface area contributed by atoms with Gasteiger partial charge in [0.25, 0.3) is 5.91 Å². The molecule has 0 spiro atoms. The average molecular weight is 344 g/mol. The molecule has 1 fully saturated rings. The molecule has 1 aliphatic heterocycles. The minimum absolute atomic E-state index is 0.0458. The number of Topliss-reactive ketones (excluding diaryl/α,β-unsaturated/α-hetero) is 1. The first-order valence-electron chi connectivity index (χ1n) is 7.85. The standard InChI is InChI=1S/C19H18ClNO3/c1-24-14-10-8-13(9-11-14)18(22)17-7-4-12-21(17)19(23)15-5-2-3-6-16(15)20/h2-3,5-6,8-11,17H,4,7,12H2,1H3. The van der Waals surface area contributed by atoms with Crippen LogP contribution in [0.2, 0.25) is 5.02 Å². The van der Waals surface area contributed by atoms with Gasteiger partial charge in [-0.2, -0.15) is 0 Å². The molecule has 3 rings (SSSR count). The van der Waals surface area contributed by atoms with Gasteiger partial charge in [-0.05, 0) is 49.2 Å². The largest absolute Gasteiger partial charge is 0.497 e. The van der Waals surface area contributed by atoms with Gasteiger partial charge in [-0.25, -0.2) is 0 Å². The molecular formula is C19H18ClNO3. The Kier molecular flexibility index (Phi) is 4.86. The predicted octanol–water partition coefficient (Wildman–Crippen LogP) is 3.84. The molecule has 1 saturated heterocycles. The van der Waals surface area contributed by atoms with Crippen LogP contribution in [0.15, 0.2) is 48.5 Å². The van der Waals surface area contributed by atoms with E-state index in [9.17, 15) is 9.59 Å². The van der Waals surface area contributed by atoms with Gasteiger partial charge in [-0.1, -0.05) is 23.7 Å². The first-order valence-corrected chi connectivity index (χ1v) is 8.23. The SMILES string of the molecule is COc1ccc(C(=O)C2CCCN2C(=O)c2ccccc2Cl)cc1. The Morgan fingerprint density at radius 2 is 1.83 bits per heavy atom. The summed E-state index contributed by atoms with van der Waals surface area (Å²) in [7, 11) is 1.58. The van der Waals surface area contributed by atoms with Gasteiger partial charge in [-0.3, -0.25) is 9.59 Å². The van der Waals surface area contributed by atoms with E-state index in [-0.39, 0.29) is 11.7 Å². The van der Waals surface area contributed by atoms with Crippen molar-refractivity contribution in [3.05, 3.63) is 64.7 Å². The maximum Gasteiger partial charge on any atom is 0.255 e. The van der Waals surface area contributed by atoms with Crippen molar-refractivity contribution in [2.24, 2.45) is 0 Å². The fourth-order valence-electron chi connectivity index (χ4n) is 3.02. The lowest BCUT2D eigenvalue weighted by atomic mass is 10.0. The lowest BCUT2D eigenvalue weighted by Crippen LogP contribution is -2.40. The number of ketones is 1. The summed E-state index contributed by atoms with van der Waals surface area (Å²) >= 11 is 6.13. The van der Waals surface area contributed by atoms with Crippen molar-refractivity contribution in [2.45, 2.75) is 18.9 Å². The van der Waals surface area contributed by atoms with E-state index in [1.54, 1.807) is 60.5 Å². The third-order valence-corrected chi connectivity index (χ3v) is 4.62. The molecule has 0 aliphatic carbocycles. The monoisotopic (exact) mass is 343 g/mol. The third-order valence-electron chi connectivity index (χ3n) is 4.30. The van der Waals surface area contributed by atoms with Crippen molar-refractivity contribution in [1.29, 1.82) is 0 Å². The van der Waals surface area contributed by atoms with Crippen molar-refractivity contribution in [3.63, 3.8) is 0 Å². The molecule has 1 heterocycles. The number of hydrogen-bond acceptors (Lipinski definition) is 3. The van der Waals surface area contributed by atoms with Gasteiger partial charge in [0.05, 0.1) is 23.7 Å². The molecule has 2 aromatic rings. The summed E-state index contributed by atoms with van der Waals surface area (Å²) in [6.07, 6.45) is 1.48. The normalized spacial score (nSPS) is 16.9. The van der Waals surface area contributed by atoms with E-state index in [0.717, 1.165) is 6.42 Å². The third kappa shape index (κ3) is 3.15. The molecule has 24 heavy (non-hydrogen) atoms. The summed E-state index contributed by atoms with van der Waals surface area (Å²) in [5, 5.41) is 0.407. The molecule has 124 valence electrons. The number of benzene rings is 2. The molecule has 0 radical (unpaired) electrons. The van der Waals surface area contributed by atoms with Crippen LogP contribution in [-0.2, 0) is 0 Å². The number of nitrogens with zero attached hydrogens (tertiary/aromatic N) is 1. The molecule has 0 bridgehead atoms. The van der Waals surface area contributed by atoms with Crippen LogP contribution in [0.5, 0.6) is 5.75 Å². The van der Waals surface area contributed by atoms with Gasteiger partial charge in [0.15, 0.2) is 5.78 Å². The van der Waals surface area contributed by atoms with Crippen LogP contribution in [0.25, 0.3) is 0 Å². The summed E-state index contributed by atoms with van der Waals surface area (Å²) in [4.78, 5) is 27.2. The van der Waals surface area contributed by atoms with Crippen LogP contribution in [0.4, 0.5) is 0 Å². The summed E-state index contributed by atoms with van der Waals surface area (Å²) in [5.41, 5.74) is 1.02. The summed E-state index contributed by atoms with van der Waals surface area (Å²) in [6.45, 7) is 0.566. The van der Waals surface area contributed by atoms with Gasteiger partial charge in [0, 0.05) is 12.1 Å². The Balaban J connectivity index is 1.83. The van der Waals surface area contributed by atoms with E-state index in [1.165, 1.54) is 0 Å². The van der Waals surface area contributed by atoms with Crippen LogP contribution in [0, 0.1) is 0 Å². The fourth-order valence-corrected chi connectivity index (χ4v) is 3.24. The molecule has 1 amide bonds. The number of likely N-dealkylation sites (tertiary alicyclic amines) is 1. The van der Waals surface area contributed by atoms with Crippen LogP contribution >= 0.6 is 11.6 Å². The second kappa shape index (κ2) is 7.05. The number of halogens is 1. The minimum atomic E-state index is -0.442. The van der Waals surface area contributed by atoms with Crippen molar-refractivity contribution in [2.75, 3.05) is 13.7 Å². The zero-order valence-electron chi connectivity index (χ0n) is 13.4. The maximum absolute atomic E-state index is 12.8. The van der Waals surface area contributed by atoms with Gasteiger partial charge >= 0.3 is 0 Å². The first kappa shape index (κ1) is 16.5. The smallest absolute Gasteiger partial charge is 0.255 e. The van der Waals surface area contributed by atoms with Gasteiger partial charge in [-0.15, -0.1) is 0 Å². The number of amides is 1. The molecule has 1 atom stereocenters. The zero-order chi connectivity index (χ0) is 17.1. The Hall–Kier alpha value is -2.33. The number of methoxy groups -OCH3 is 1. The molecule has 2 aromatic carbocycles. The molecule has 5 heteroatoms. The average Bonchev–Trinajstić information content (AvgIpc) is 3.10. The highest BCUT2D eigenvalue weighted by atomic mass is 35.5. The number of ether oxygens (including phenoxy) is 1. The van der Waals surface area contributed by atoms with Crippen LogP contribution < -0.4 is 4.74 Å². The van der Waals surface area contributed by atoms with E-state index < -0.39 is 6.04 Å². The Labute approximate surface area is 146 Å². The van der Waals surface area contributed by atoms with Crippen LogP contribution in [0.1, 0.15) is 33.6 Å². The Morgan fingerprint density at radius 3 is 2.50 bits per heavy atom. The number of rotatable bonds is 4. The number of hydrogen-bond donors (Lipinski definition) is 0. The zero-order valence-corrected chi connectivity index (χ0v) is 14.1. The van der Waals surface area contributed by atoms with Crippen molar-refractivity contribution < 1.29 is 14.3 Å². The summed E-state index contributed by atoms with van der Waals surface area (Å²) in [6, 6.07) is 13.5. The summed E-state index contributed by atoms with van der Waals surface area (Å²) in [5.74, 6) is 0.461. The summed E-state index contributed by atoms with van der Waals surface area (Å²) < 4.78 is 5.11. The molecule has 4 nitrogen and oxygen atoms in total. The Bertz CT molecular complexity index is 757. The van der Waals surface area contributed by atoms with E-state index >= 15 is 0 Å². The van der Waals surface area contributed by atoms with Gasteiger partial charge in [0.1, 0.15) is 5.75 Å². The molecule has 1 unspecified atom stereocenters. The fraction of sp³-hybridized carbons (Fsp3) is 0.263. The van der Waals surface area contributed by atoms with Crippen molar-refractivity contribution >= 4 is 23.3 Å². The molecule has 0 aromatic heterocycles. The first-order chi connectivity index (χ1) is 11.6. The Morgan fingerprint density at radius 1 is 1.12 bits per heavy atom. The van der Waals surface area contributed by atoms with Crippen LogP contribution in [0.3, 0.4) is 0 Å². The van der Waals surface area contributed by atoms with E-state index in [2.05, 4.69) is 0 Å². The second-order valence-corrected chi connectivity index (χ2v) is 6.14. The maximum atomic E-state index is 12.8. The van der Waals surface area contributed by atoms with Crippen molar-refractivity contribution in [3.8, 4) is 5.75 Å². The second-order valence-electron chi connectivity index (χ2n) is 5.73. The quantitative estimate of drug-likeness (QED) is 0.792. The van der Waals surface area contributed by atoms with Gasteiger partial charge in [0.2, 0.25) is 0 Å². The topological polar surface area (TPSA) is 46.6 Å². The highest BCUT2D eigenvalue weighted by Gasteiger charge is 2.35. The molecule has 1 aliphatic rings. The van der Waals surface area contributed by atoms with E-state index in [0.29, 0.717) is 34.9 Å². The predicted molar refractivity (Wildman–Crippen MR) is 92.8 cm³/mol. The lowest BCUT2D eigenvalue weighted by Gasteiger charge is -2.24. The lowest BCUT2D eigenvalue weighted by molar-refractivity contribution is 0.0671. The highest BCUT2D eigenvalue weighted by Crippen LogP contribution is 2.26. The van der Waals surface area contributed by atoms with Gasteiger partial charge < -0.3 is 9.64 Å². The molecule has 0 saturated carbocycles. The van der Waals surface area contributed by atoms with Crippen LogP contribution in [-0.4, -0.2) is 36.3 Å². The highest BCUT2D eigenvalue weighted by molar-refractivity contribution is 6.33. The number of carbonyl (C=O) groups excluding carboxylic acids is 2. The van der Waals surface area contributed by atoms with Crippen molar-refractivity contribution in [1.82, 2.24) is 4.90 Å². The molecule has 0 N–H and O–H groups in total. The minimum Gasteiger partial charge on any atom is -0.497 e. The number of carbonyl (C=O) groups is 2. The molecular weight excluding hydrogens is 326 g/mol. The van der Waals surface area contributed by atoms with E-state index in [1.807, 2.05) is 0 Å². The van der Waals surface area contributed by atoms with E-state index in [4.69, 9.17) is 16.3 Å².